The second-order valence-electron chi connectivity index (χ2n) is 4.02. The van der Waals surface area contributed by atoms with Gasteiger partial charge in [0.05, 0.1) is 0 Å². The summed E-state index contributed by atoms with van der Waals surface area (Å²) in [5.41, 5.74) is 0. The molecule has 3 heterocycles. The van der Waals surface area contributed by atoms with Crippen LogP contribution in [0.3, 0.4) is 0 Å². The van der Waals surface area contributed by atoms with Gasteiger partial charge in [-0.15, -0.1) is 5.10 Å². The molecule has 0 radical (unpaired) electrons. The SMILES string of the molecule is c1cnn(Cc2nc(N3CCNCC3)n[nH]2)c1. The number of nitrogens with one attached hydrogen (secondary N) is 2. The Bertz CT molecular complexity index is 455. The molecule has 90 valence electrons. The highest BCUT2D eigenvalue weighted by molar-refractivity contribution is 5.29. The minimum atomic E-state index is 0.631. The molecule has 1 aliphatic rings. The van der Waals surface area contributed by atoms with E-state index in [1.807, 2.05) is 16.9 Å². The van der Waals surface area contributed by atoms with Crippen LogP contribution in [0.5, 0.6) is 0 Å². The van der Waals surface area contributed by atoms with Crippen LogP contribution >= 0.6 is 0 Å². The van der Waals surface area contributed by atoms with Crippen LogP contribution in [0.1, 0.15) is 5.82 Å². The van der Waals surface area contributed by atoms with E-state index in [9.17, 15) is 0 Å². The van der Waals surface area contributed by atoms with Crippen LogP contribution in [-0.2, 0) is 6.54 Å². The molecule has 0 spiro atoms. The second-order valence-corrected chi connectivity index (χ2v) is 4.02. The molecule has 3 rings (SSSR count). The van der Waals surface area contributed by atoms with Gasteiger partial charge in [-0.05, 0) is 6.07 Å². The predicted molar refractivity (Wildman–Crippen MR) is 62.8 cm³/mol. The first-order chi connectivity index (χ1) is 8.42. The second kappa shape index (κ2) is 4.54. The van der Waals surface area contributed by atoms with E-state index in [1.165, 1.54) is 0 Å². The van der Waals surface area contributed by atoms with Gasteiger partial charge < -0.3 is 10.2 Å². The van der Waals surface area contributed by atoms with Gasteiger partial charge in [-0.2, -0.15) is 10.1 Å². The topological polar surface area (TPSA) is 74.7 Å². The molecule has 1 saturated heterocycles. The van der Waals surface area contributed by atoms with E-state index in [2.05, 4.69) is 30.5 Å². The Hall–Kier alpha value is -1.89. The largest absolute Gasteiger partial charge is 0.337 e. The number of nitrogens with zero attached hydrogens (tertiary/aromatic N) is 5. The molecule has 0 unspecified atom stereocenters. The molecular formula is C10H15N7. The van der Waals surface area contributed by atoms with E-state index in [0.29, 0.717) is 6.54 Å². The van der Waals surface area contributed by atoms with Crippen molar-refractivity contribution in [3.63, 3.8) is 0 Å². The van der Waals surface area contributed by atoms with Crippen molar-refractivity contribution < 1.29 is 0 Å². The summed E-state index contributed by atoms with van der Waals surface area (Å²) in [6, 6.07) is 1.90. The number of rotatable bonds is 3. The van der Waals surface area contributed by atoms with Gasteiger partial charge in [0, 0.05) is 38.6 Å². The quantitative estimate of drug-likeness (QED) is 0.744. The average Bonchev–Trinajstić information content (AvgIpc) is 3.02. The number of piperazine rings is 1. The number of aromatic amines is 1. The lowest BCUT2D eigenvalue weighted by Gasteiger charge is -2.25. The van der Waals surface area contributed by atoms with Gasteiger partial charge in [0.15, 0.2) is 0 Å². The number of hydrogen-bond acceptors (Lipinski definition) is 5. The zero-order valence-electron chi connectivity index (χ0n) is 9.50. The maximum Gasteiger partial charge on any atom is 0.244 e. The van der Waals surface area contributed by atoms with Crippen molar-refractivity contribution in [2.75, 3.05) is 31.1 Å². The van der Waals surface area contributed by atoms with Crippen molar-refractivity contribution in [1.82, 2.24) is 30.3 Å². The van der Waals surface area contributed by atoms with Gasteiger partial charge in [-0.1, -0.05) is 0 Å². The summed E-state index contributed by atoms with van der Waals surface area (Å²) in [5, 5.41) is 14.6. The zero-order valence-corrected chi connectivity index (χ0v) is 9.50. The summed E-state index contributed by atoms with van der Waals surface area (Å²) in [4.78, 5) is 6.66. The molecule has 1 fully saturated rings. The third-order valence-electron chi connectivity index (χ3n) is 2.79. The summed E-state index contributed by atoms with van der Waals surface area (Å²) >= 11 is 0. The summed E-state index contributed by atoms with van der Waals surface area (Å²) in [6.45, 7) is 4.52. The van der Waals surface area contributed by atoms with Gasteiger partial charge >= 0.3 is 0 Å². The minimum Gasteiger partial charge on any atom is -0.337 e. The predicted octanol–water partition coefficient (Wildman–Crippen LogP) is -0.541. The normalized spacial score (nSPS) is 16.4. The van der Waals surface area contributed by atoms with E-state index >= 15 is 0 Å². The molecule has 17 heavy (non-hydrogen) atoms. The standard InChI is InChI=1S/C10H15N7/c1-2-12-17(5-1)8-9-13-10(15-14-9)16-6-3-11-4-7-16/h1-2,5,11H,3-4,6-8H2,(H,13,14,15). The molecule has 2 N–H and O–H groups in total. The number of H-pyrrole nitrogens is 1. The van der Waals surface area contributed by atoms with Crippen molar-refractivity contribution in [3.8, 4) is 0 Å². The smallest absolute Gasteiger partial charge is 0.244 e. The molecule has 0 saturated carbocycles. The van der Waals surface area contributed by atoms with Crippen LogP contribution in [0.2, 0.25) is 0 Å². The Labute approximate surface area is 98.8 Å². The van der Waals surface area contributed by atoms with E-state index in [0.717, 1.165) is 38.0 Å². The summed E-state index contributed by atoms with van der Waals surface area (Å²) in [7, 11) is 0. The number of hydrogen-bond donors (Lipinski definition) is 2. The van der Waals surface area contributed by atoms with Crippen molar-refractivity contribution >= 4 is 5.95 Å². The molecule has 0 amide bonds. The Balaban J connectivity index is 1.69. The Morgan fingerprint density at radius 3 is 2.94 bits per heavy atom. The van der Waals surface area contributed by atoms with Crippen LogP contribution in [-0.4, -0.2) is 51.1 Å². The molecule has 2 aromatic heterocycles. The molecule has 7 heteroatoms. The van der Waals surface area contributed by atoms with Gasteiger partial charge in [-0.25, -0.2) is 0 Å². The summed E-state index contributed by atoms with van der Waals surface area (Å²) < 4.78 is 1.82. The van der Waals surface area contributed by atoms with Crippen molar-refractivity contribution in [3.05, 3.63) is 24.3 Å². The van der Waals surface area contributed by atoms with Crippen LogP contribution < -0.4 is 10.2 Å². The fourth-order valence-electron chi connectivity index (χ4n) is 1.91. The van der Waals surface area contributed by atoms with E-state index < -0.39 is 0 Å². The lowest BCUT2D eigenvalue weighted by molar-refractivity contribution is 0.580. The lowest BCUT2D eigenvalue weighted by atomic mass is 10.4. The van der Waals surface area contributed by atoms with Crippen LogP contribution in [0, 0.1) is 0 Å². The molecule has 0 bridgehead atoms. The molecule has 0 aromatic carbocycles. The van der Waals surface area contributed by atoms with Crippen LogP contribution in [0.4, 0.5) is 5.95 Å². The molecule has 2 aromatic rings. The van der Waals surface area contributed by atoms with Crippen molar-refractivity contribution in [2.45, 2.75) is 6.54 Å². The monoisotopic (exact) mass is 233 g/mol. The van der Waals surface area contributed by atoms with Gasteiger partial charge in [-0.3, -0.25) is 9.78 Å². The molecule has 0 aliphatic carbocycles. The van der Waals surface area contributed by atoms with Gasteiger partial charge in [0.25, 0.3) is 0 Å². The average molecular weight is 233 g/mol. The first-order valence-electron chi connectivity index (χ1n) is 5.76. The third-order valence-corrected chi connectivity index (χ3v) is 2.79. The van der Waals surface area contributed by atoms with Crippen molar-refractivity contribution in [2.24, 2.45) is 0 Å². The highest BCUT2D eigenvalue weighted by Crippen LogP contribution is 2.08. The first-order valence-corrected chi connectivity index (χ1v) is 5.76. The maximum atomic E-state index is 4.48. The lowest BCUT2D eigenvalue weighted by Crippen LogP contribution is -2.44. The van der Waals surface area contributed by atoms with E-state index in [4.69, 9.17) is 0 Å². The Morgan fingerprint density at radius 2 is 2.18 bits per heavy atom. The molecule has 0 atom stereocenters. The number of anilines is 1. The van der Waals surface area contributed by atoms with E-state index in [-0.39, 0.29) is 0 Å². The van der Waals surface area contributed by atoms with E-state index in [1.54, 1.807) is 6.20 Å². The van der Waals surface area contributed by atoms with Crippen LogP contribution in [0.15, 0.2) is 18.5 Å². The highest BCUT2D eigenvalue weighted by Gasteiger charge is 2.14. The highest BCUT2D eigenvalue weighted by atomic mass is 15.4. The molecule has 7 nitrogen and oxygen atoms in total. The molecular weight excluding hydrogens is 218 g/mol. The van der Waals surface area contributed by atoms with Gasteiger partial charge in [0.2, 0.25) is 5.95 Å². The fraction of sp³-hybridized carbons (Fsp3) is 0.500. The Morgan fingerprint density at radius 1 is 1.29 bits per heavy atom. The van der Waals surface area contributed by atoms with Gasteiger partial charge in [0.1, 0.15) is 12.4 Å². The third kappa shape index (κ3) is 2.28. The maximum absolute atomic E-state index is 4.48. The number of aromatic nitrogens is 5. The Kier molecular flexibility index (Phi) is 2.74. The summed E-state index contributed by atoms with van der Waals surface area (Å²) in [6.07, 6.45) is 3.67. The fourth-order valence-corrected chi connectivity index (χ4v) is 1.91. The first kappa shape index (κ1) is 10.3. The van der Waals surface area contributed by atoms with Crippen molar-refractivity contribution in [1.29, 1.82) is 0 Å². The van der Waals surface area contributed by atoms with Crippen LogP contribution in [0.25, 0.3) is 0 Å². The zero-order chi connectivity index (χ0) is 11.5. The summed E-state index contributed by atoms with van der Waals surface area (Å²) in [5.74, 6) is 1.62. The molecule has 1 aliphatic heterocycles. The minimum absolute atomic E-state index is 0.631.